The molecule has 3 aromatic rings. The summed E-state index contributed by atoms with van der Waals surface area (Å²) in [6.45, 7) is 6.34. The van der Waals surface area contributed by atoms with E-state index < -0.39 is 17.2 Å². The van der Waals surface area contributed by atoms with Gasteiger partial charge in [-0.25, -0.2) is 13.8 Å². The number of benzene rings is 2. The Labute approximate surface area is 195 Å². The number of fused-ring (bicyclic) bond motifs is 1. The van der Waals surface area contributed by atoms with E-state index in [0.29, 0.717) is 55.1 Å². The Hall–Kier alpha value is -3.33. The van der Waals surface area contributed by atoms with Crippen LogP contribution in [-0.2, 0) is 6.54 Å². The third-order valence-electron chi connectivity index (χ3n) is 6.68. The largest absolute Gasteiger partial charge is 0.369 e. The summed E-state index contributed by atoms with van der Waals surface area (Å²) in [6.07, 6.45) is 1.90. The Bertz CT molecular complexity index is 1330. The van der Waals surface area contributed by atoms with Crippen molar-refractivity contribution in [2.24, 2.45) is 0 Å². The van der Waals surface area contributed by atoms with Gasteiger partial charge >= 0.3 is 0 Å². The molecule has 0 spiro atoms. The first-order valence-corrected chi connectivity index (χ1v) is 11.6. The Morgan fingerprint density at radius 3 is 2.53 bits per heavy atom. The van der Waals surface area contributed by atoms with Gasteiger partial charge in [0.2, 0.25) is 0 Å². The molecule has 1 saturated heterocycles. The summed E-state index contributed by atoms with van der Waals surface area (Å²) in [5.74, 6) is -1.29. The lowest BCUT2D eigenvalue weighted by atomic mass is 10.1. The van der Waals surface area contributed by atoms with Gasteiger partial charge in [0.05, 0.1) is 11.1 Å². The molecule has 0 radical (unpaired) electrons. The molecule has 0 bridgehead atoms. The van der Waals surface area contributed by atoms with E-state index >= 15 is 4.39 Å². The molecule has 34 heavy (non-hydrogen) atoms. The van der Waals surface area contributed by atoms with Gasteiger partial charge in [0, 0.05) is 55.6 Å². The molecule has 1 aliphatic carbocycles. The lowest BCUT2D eigenvalue weighted by Gasteiger charge is -2.37. The zero-order valence-corrected chi connectivity index (χ0v) is 19.3. The number of hydrogen-bond donors (Lipinski definition) is 2. The summed E-state index contributed by atoms with van der Waals surface area (Å²) in [5.41, 5.74) is 2.28. The normalized spacial score (nSPS) is 16.8. The molecule has 178 valence electrons. The number of aryl methyl sites for hydroxylation is 1. The highest BCUT2D eigenvalue weighted by Crippen LogP contribution is 2.28. The Morgan fingerprint density at radius 2 is 1.82 bits per heavy atom. The van der Waals surface area contributed by atoms with Gasteiger partial charge in [-0.15, -0.1) is 0 Å². The first kappa shape index (κ1) is 22.5. The van der Waals surface area contributed by atoms with E-state index in [4.69, 9.17) is 0 Å². The van der Waals surface area contributed by atoms with Crippen LogP contribution in [0.1, 0.15) is 40.0 Å². The quantitative estimate of drug-likeness (QED) is 0.603. The number of H-pyrrole nitrogens is 1. The molecular weight excluding hydrogens is 440 g/mol. The van der Waals surface area contributed by atoms with E-state index in [2.05, 4.69) is 25.1 Å². The summed E-state index contributed by atoms with van der Waals surface area (Å²) in [4.78, 5) is 35.1. The number of nitrogens with zero attached hydrogens (tertiary/aromatic N) is 3. The maximum absolute atomic E-state index is 15.0. The van der Waals surface area contributed by atoms with Gasteiger partial charge in [-0.1, -0.05) is 6.07 Å². The number of carbonyl (C=O) groups is 1. The Balaban J connectivity index is 1.26. The van der Waals surface area contributed by atoms with Crippen LogP contribution in [0.2, 0.25) is 0 Å². The third-order valence-corrected chi connectivity index (χ3v) is 6.68. The van der Waals surface area contributed by atoms with Gasteiger partial charge in [0.1, 0.15) is 17.0 Å². The summed E-state index contributed by atoms with van der Waals surface area (Å²) in [5, 5.41) is 2.83. The average molecular weight is 468 g/mol. The molecule has 1 saturated carbocycles. The van der Waals surface area contributed by atoms with E-state index in [1.54, 1.807) is 32.0 Å². The van der Waals surface area contributed by atoms with Crippen LogP contribution < -0.4 is 15.8 Å². The van der Waals surface area contributed by atoms with Crippen molar-refractivity contribution in [1.82, 2.24) is 20.2 Å². The zero-order valence-electron chi connectivity index (χ0n) is 19.3. The highest BCUT2D eigenvalue weighted by Gasteiger charge is 2.27. The maximum Gasteiger partial charge on any atom is 0.269 e. The van der Waals surface area contributed by atoms with Crippen molar-refractivity contribution in [3.05, 3.63) is 68.6 Å². The van der Waals surface area contributed by atoms with Gasteiger partial charge in [-0.05, 0) is 44.9 Å². The summed E-state index contributed by atoms with van der Waals surface area (Å²) >= 11 is 0. The minimum atomic E-state index is -0.478. The fourth-order valence-corrected chi connectivity index (χ4v) is 4.45. The van der Waals surface area contributed by atoms with Gasteiger partial charge in [0.25, 0.3) is 11.5 Å². The molecule has 9 heteroatoms. The molecule has 2 fully saturated rings. The van der Waals surface area contributed by atoms with Crippen molar-refractivity contribution >= 4 is 22.6 Å². The second-order valence-electron chi connectivity index (χ2n) is 9.17. The van der Waals surface area contributed by atoms with Crippen molar-refractivity contribution < 1.29 is 13.6 Å². The fourth-order valence-electron chi connectivity index (χ4n) is 4.45. The van der Waals surface area contributed by atoms with Crippen LogP contribution in [0.5, 0.6) is 0 Å². The predicted octanol–water partition coefficient (Wildman–Crippen LogP) is 3.03. The molecule has 7 nitrogen and oxygen atoms in total. The van der Waals surface area contributed by atoms with Gasteiger partial charge in [0.15, 0.2) is 5.82 Å². The van der Waals surface area contributed by atoms with E-state index in [9.17, 15) is 14.0 Å². The van der Waals surface area contributed by atoms with Crippen LogP contribution in [0.4, 0.5) is 14.5 Å². The number of piperazine rings is 1. The van der Waals surface area contributed by atoms with Crippen LogP contribution >= 0.6 is 0 Å². The molecule has 5 rings (SSSR count). The molecular formula is C25H27F2N5O2. The monoisotopic (exact) mass is 467 g/mol. The minimum Gasteiger partial charge on any atom is -0.369 e. The zero-order chi connectivity index (χ0) is 24.0. The fraction of sp³-hybridized carbons (Fsp3) is 0.400. The molecule has 2 heterocycles. The number of aromatic amines is 1. The third kappa shape index (κ3) is 4.27. The van der Waals surface area contributed by atoms with Crippen molar-refractivity contribution in [1.29, 1.82) is 0 Å². The number of nitrogens with one attached hydrogen (secondary N) is 2. The molecule has 2 aliphatic rings. The molecule has 0 unspecified atom stereocenters. The number of anilines is 1. The van der Waals surface area contributed by atoms with E-state index in [1.807, 2.05) is 6.07 Å². The summed E-state index contributed by atoms with van der Waals surface area (Å²) in [6, 6.07) is 6.97. The van der Waals surface area contributed by atoms with E-state index in [1.165, 1.54) is 0 Å². The van der Waals surface area contributed by atoms with Crippen molar-refractivity contribution in [2.45, 2.75) is 39.3 Å². The predicted molar refractivity (Wildman–Crippen MR) is 126 cm³/mol. The van der Waals surface area contributed by atoms with Crippen LogP contribution in [0, 0.1) is 25.5 Å². The molecule has 2 aromatic carbocycles. The maximum atomic E-state index is 15.0. The molecule has 2 N–H and O–H groups in total. The van der Waals surface area contributed by atoms with E-state index in [0.717, 1.165) is 18.5 Å². The van der Waals surface area contributed by atoms with Gasteiger partial charge < -0.3 is 15.2 Å². The molecule has 1 aromatic heterocycles. The standard InChI is InChI=1S/C25H27F2N5O2/c1-14-20(8-6-18(21(14)26)25(34)29-17-4-5-17)32-11-9-31(10-12-32)13-16-3-7-19-23(22(16)27)30-24(33)15(2)28-19/h3,6-8,17H,4-5,9-13H2,1-2H3,(H,29,34)(H,30,33). The van der Waals surface area contributed by atoms with Crippen LogP contribution in [0.3, 0.4) is 0 Å². The number of carbonyl (C=O) groups excluding carboxylic acids is 1. The number of rotatable bonds is 5. The second kappa shape index (κ2) is 8.79. The van der Waals surface area contributed by atoms with Crippen LogP contribution in [0.15, 0.2) is 29.1 Å². The number of amides is 1. The highest BCUT2D eigenvalue weighted by molar-refractivity contribution is 5.95. The first-order valence-electron chi connectivity index (χ1n) is 11.6. The molecule has 1 aliphatic heterocycles. The first-order chi connectivity index (χ1) is 16.3. The van der Waals surface area contributed by atoms with E-state index in [-0.39, 0.29) is 23.0 Å². The molecule has 0 atom stereocenters. The Kier molecular flexibility index (Phi) is 5.81. The lowest BCUT2D eigenvalue weighted by Crippen LogP contribution is -2.46. The van der Waals surface area contributed by atoms with Gasteiger partial charge in [-0.2, -0.15) is 0 Å². The number of aromatic nitrogens is 2. The molecule has 1 amide bonds. The minimum absolute atomic E-state index is 0.0845. The Morgan fingerprint density at radius 1 is 1.09 bits per heavy atom. The lowest BCUT2D eigenvalue weighted by molar-refractivity contribution is 0.0947. The highest BCUT2D eigenvalue weighted by atomic mass is 19.1. The van der Waals surface area contributed by atoms with Crippen molar-refractivity contribution in [3.8, 4) is 0 Å². The topological polar surface area (TPSA) is 81.3 Å². The van der Waals surface area contributed by atoms with Crippen LogP contribution in [0.25, 0.3) is 11.0 Å². The second-order valence-corrected chi connectivity index (χ2v) is 9.17. The van der Waals surface area contributed by atoms with Crippen LogP contribution in [-0.4, -0.2) is 53.0 Å². The number of halogens is 2. The number of hydrogen-bond acceptors (Lipinski definition) is 5. The smallest absolute Gasteiger partial charge is 0.269 e. The van der Waals surface area contributed by atoms with Gasteiger partial charge in [-0.3, -0.25) is 14.5 Å². The van der Waals surface area contributed by atoms with Crippen molar-refractivity contribution in [2.75, 3.05) is 31.1 Å². The SMILES string of the molecule is Cc1c(N2CCN(Cc3ccc4nc(C)c(=O)[nH]c4c3F)CC2)ccc(C(=O)NC2CC2)c1F. The van der Waals surface area contributed by atoms with Crippen molar-refractivity contribution in [3.63, 3.8) is 0 Å². The average Bonchev–Trinajstić information content (AvgIpc) is 3.63. The summed E-state index contributed by atoms with van der Waals surface area (Å²) in [7, 11) is 0. The summed E-state index contributed by atoms with van der Waals surface area (Å²) < 4.78 is 30.0.